The molecule has 5 rings (SSSR count). The number of hydrogen-bond acceptors (Lipinski definition) is 4. The molecule has 4 aromatic carbocycles. The molecule has 0 aliphatic rings. The van der Waals surface area contributed by atoms with Gasteiger partial charge < -0.3 is 15.2 Å². The van der Waals surface area contributed by atoms with Gasteiger partial charge in [0, 0.05) is 23.1 Å². The normalized spacial score (nSPS) is 11.9. The number of nitrogens with zero attached hydrogens (tertiary/aromatic N) is 1. The van der Waals surface area contributed by atoms with Gasteiger partial charge in [0.2, 0.25) is 0 Å². The molecular formula is C32H24Cl3FN2O4. The average molecular weight is 626 g/mol. The fraction of sp³-hybridized carbons (Fsp3) is 0.125. The van der Waals surface area contributed by atoms with Crippen LogP contribution in [-0.4, -0.2) is 28.8 Å². The number of benzene rings is 4. The lowest BCUT2D eigenvalue weighted by atomic mass is 9.99. The first kappa shape index (κ1) is 29.6. The van der Waals surface area contributed by atoms with E-state index in [0.29, 0.717) is 52.0 Å². The van der Waals surface area contributed by atoms with Gasteiger partial charge in [0.05, 0.1) is 32.9 Å². The molecule has 0 saturated heterocycles. The molecule has 0 bridgehead atoms. The van der Waals surface area contributed by atoms with Crippen LogP contribution in [0.15, 0.2) is 95.8 Å². The first-order valence-electron chi connectivity index (χ1n) is 13.0. The van der Waals surface area contributed by atoms with Gasteiger partial charge in [-0.05, 0) is 66.6 Å². The van der Waals surface area contributed by atoms with Crippen molar-refractivity contribution in [1.82, 2.24) is 9.88 Å². The minimum absolute atomic E-state index is 0.187. The third-order valence-corrected chi connectivity index (χ3v) is 7.61. The van der Waals surface area contributed by atoms with Gasteiger partial charge >= 0.3 is 5.97 Å². The van der Waals surface area contributed by atoms with E-state index in [9.17, 15) is 19.1 Å². The topological polar surface area (TPSA) is 80.6 Å². The maximum Gasteiger partial charge on any atom is 0.325 e. The number of hydrogen-bond donors (Lipinski definition) is 2. The number of para-hydroxylation sites is 1. The van der Waals surface area contributed by atoms with Crippen molar-refractivity contribution in [2.45, 2.75) is 12.5 Å². The predicted molar refractivity (Wildman–Crippen MR) is 165 cm³/mol. The fourth-order valence-electron chi connectivity index (χ4n) is 4.77. The van der Waals surface area contributed by atoms with Gasteiger partial charge in [0.15, 0.2) is 0 Å². The van der Waals surface area contributed by atoms with E-state index in [1.54, 1.807) is 66.7 Å². The molecule has 6 nitrogen and oxygen atoms in total. The molecule has 214 valence electrons. The highest BCUT2D eigenvalue weighted by Gasteiger charge is 2.20. The molecule has 0 fully saturated rings. The van der Waals surface area contributed by atoms with Crippen molar-refractivity contribution in [2.24, 2.45) is 0 Å². The second-order valence-corrected chi connectivity index (χ2v) is 10.7. The predicted octanol–water partition coefficient (Wildman–Crippen LogP) is 7.94. The molecule has 0 radical (unpaired) electrons. The average Bonchev–Trinajstić information content (AvgIpc) is 2.96. The Hall–Kier alpha value is -3.88. The minimum Gasteiger partial charge on any atom is -0.493 e. The van der Waals surface area contributed by atoms with Crippen molar-refractivity contribution in [3.05, 3.63) is 128 Å². The Kier molecular flexibility index (Phi) is 9.14. The van der Waals surface area contributed by atoms with Gasteiger partial charge in [-0.2, -0.15) is 0 Å². The van der Waals surface area contributed by atoms with Gasteiger partial charge in [-0.25, -0.2) is 4.39 Å². The summed E-state index contributed by atoms with van der Waals surface area (Å²) in [5, 5.41) is 14.1. The Labute approximate surface area is 255 Å². The summed E-state index contributed by atoms with van der Waals surface area (Å²) in [7, 11) is 0. The number of fused-ring (bicyclic) bond motifs is 1. The van der Waals surface area contributed by atoms with Crippen molar-refractivity contribution in [3.63, 3.8) is 0 Å². The first-order valence-corrected chi connectivity index (χ1v) is 14.1. The molecule has 0 saturated carbocycles. The molecule has 0 amide bonds. The fourth-order valence-corrected chi connectivity index (χ4v) is 5.60. The summed E-state index contributed by atoms with van der Waals surface area (Å²) < 4.78 is 21.4. The molecule has 0 aliphatic heterocycles. The third-order valence-electron chi connectivity index (χ3n) is 6.69. The van der Waals surface area contributed by atoms with E-state index in [2.05, 4.69) is 5.32 Å². The second-order valence-electron chi connectivity index (χ2n) is 9.44. The number of carboxylic acids is 1. The number of halogens is 4. The van der Waals surface area contributed by atoms with Crippen LogP contribution in [0.3, 0.4) is 0 Å². The number of ether oxygens (including phenoxy) is 1. The lowest BCUT2D eigenvalue weighted by molar-refractivity contribution is -0.139. The molecule has 1 aromatic heterocycles. The number of aliphatic carboxylic acids is 1. The van der Waals surface area contributed by atoms with Crippen LogP contribution >= 0.6 is 34.8 Å². The van der Waals surface area contributed by atoms with Gasteiger partial charge in [-0.1, -0.05) is 71.2 Å². The Morgan fingerprint density at radius 1 is 0.881 bits per heavy atom. The van der Waals surface area contributed by atoms with E-state index in [1.165, 1.54) is 22.8 Å². The Balaban J connectivity index is 1.50. The molecular weight excluding hydrogens is 602 g/mol. The Bertz CT molecular complexity index is 1810. The number of carbonyl (C=O) groups is 1. The van der Waals surface area contributed by atoms with Crippen molar-refractivity contribution in [1.29, 1.82) is 0 Å². The van der Waals surface area contributed by atoms with Crippen LogP contribution in [-0.2, 0) is 4.79 Å². The van der Waals surface area contributed by atoms with E-state index in [1.807, 2.05) is 6.07 Å². The van der Waals surface area contributed by atoms with Crippen LogP contribution in [0.25, 0.3) is 27.7 Å². The minimum atomic E-state index is -0.978. The van der Waals surface area contributed by atoms with Crippen LogP contribution in [0.5, 0.6) is 5.75 Å². The molecule has 0 unspecified atom stereocenters. The molecule has 0 aliphatic carbocycles. The van der Waals surface area contributed by atoms with Gasteiger partial charge in [-0.3, -0.25) is 14.2 Å². The van der Waals surface area contributed by atoms with Crippen molar-refractivity contribution in [2.75, 3.05) is 13.2 Å². The molecule has 1 atom stereocenters. The van der Waals surface area contributed by atoms with Gasteiger partial charge in [0.1, 0.15) is 17.6 Å². The summed E-state index contributed by atoms with van der Waals surface area (Å²) in [5.41, 5.74) is 2.21. The van der Waals surface area contributed by atoms with Gasteiger partial charge in [0.25, 0.3) is 5.56 Å². The van der Waals surface area contributed by atoms with E-state index in [4.69, 9.17) is 39.5 Å². The van der Waals surface area contributed by atoms with E-state index >= 15 is 0 Å². The highest BCUT2D eigenvalue weighted by Crippen LogP contribution is 2.38. The van der Waals surface area contributed by atoms with Crippen molar-refractivity contribution in [3.8, 4) is 22.6 Å². The lowest BCUT2D eigenvalue weighted by Gasteiger charge is -2.18. The van der Waals surface area contributed by atoms with E-state index in [-0.39, 0.29) is 27.2 Å². The maximum absolute atomic E-state index is 13.9. The molecule has 1 heterocycles. The van der Waals surface area contributed by atoms with Crippen LogP contribution in [0.2, 0.25) is 15.1 Å². The number of carboxylic acid groups (broad SMARTS) is 1. The summed E-state index contributed by atoms with van der Waals surface area (Å²) in [5.74, 6) is -1.05. The molecule has 10 heteroatoms. The number of nitrogens with one attached hydrogen (secondary N) is 1. The second kappa shape index (κ2) is 13.0. The summed E-state index contributed by atoms with van der Waals surface area (Å²) in [4.78, 5) is 25.0. The zero-order chi connectivity index (χ0) is 29.8. The molecule has 0 spiro atoms. The molecule has 5 aromatic rings. The summed E-state index contributed by atoms with van der Waals surface area (Å²) in [6.45, 7) is 0.607. The van der Waals surface area contributed by atoms with Crippen LogP contribution in [0.1, 0.15) is 18.0 Å². The number of rotatable bonds is 10. The highest BCUT2D eigenvalue weighted by molar-refractivity contribution is 6.38. The monoisotopic (exact) mass is 624 g/mol. The van der Waals surface area contributed by atoms with Crippen molar-refractivity contribution < 1.29 is 19.0 Å². The summed E-state index contributed by atoms with van der Waals surface area (Å²) in [6, 6.07) is 23.6. The smallest absolute Gasteiger partial charge is 0.325 e. The standard InChI is InChI=1S/C32H24Cl3FN2O4/c33-25-8-4-9-26(34)31(25)38-28-18-21(42-15-5-14-37-30(32(40)41)19-6-2-1-3-7-19)17-24(23(28)12-13-29(38)39)22-11-10-20(36)16-27(22)35/h1-4,6-13,16-18,30,37H,5,14-15H2,(H,40,41)/t30-/m0/s1. The lowest BCUT2D eigenvalue weighted by Crippen LogP contribution is -2.29. The SMILES string of the molecule is O=C(O)[C@@H](NCCCOc1cc(-c2ccc(F)cc2Cl)c2ccc(=O)n(-c3c(Cl)cccc3Cl)c2c1)c1ccccc1. The largest absolute Gasteiger partial charge is 0.493 e. The maximum atomic E-state index is 13.9. The molecule has 42 heavy (non-hydrogen) atoms. The summed E-state index contributed by atoms with van der Waals surface area (Å²) in [6.07, 6.45) is 0.485. The summed E-state index contributed by atoms with van der Waals surface area (Å²) >= 11 is 19.5. The quantitative estimate of drug-likeness (QED) is 0.154. The molecule has 2 N–H and O–H groups in total. The number of pyridine rings is 1. The number of aromatic nitrogens is 1. The Morgan fingerprint density at radius 2 is 1.62 bits per heavy atom. The highest BCUT2D eigenvalue weighted by atomic mass is 35.5. The van der Waals surface area contributed by atoms with E-state index < -0.39 is 17.8 Å². The zero-order valence-corrected chi connectivity index (χ0v) is 24.3. The zero-order valence-electron chi connectivity index (χ0n) is 22.0. The Morgan fingerprint density at radius 3 is 2.31 bits per heavy atom. The van der Waals surface area contributed by atoms with Crippen LogP contribution < -0.4 is 15.6 Å². The van der Waals surface area contributed by atoms with Crippen LogP contribution in [0, 0.1) is 5.82 Å². The third kappa shape index (κ3) is 6.30. The van der Waals surface area contributed by atoms with Crippen molar-refractivity contribution >= 4 is 51.7 Å². The van der Waals surface area contributed by atoms with Crippen LogP contribution in [0.4, 0.5) is 4.39 Å². The first-order chi connectivity index (χ1) is 20.2. The van der Waals surface area contributed by atoms with E-state index in [0.717, 1.165) is 0 Å². The van der Waals surface area contributed by atoms with Gasteiger partial charge in [-0.15, -0.1) is 0 Å².